The first-order valence-electron chi connectivity index (χ1n) is 6.48. The van der Waals surface area contributed by atoms with Crippen molar-refractivity contribution in [3.05, 3.63) is 0 Å². The van der Waals surface area contributed by atoms with Crippen LogP contribution in [0.2, 0.25) is 0 Å². The summed E-state index contributed by atoms with van der Waals surface area (Å²) in [6.07, 6.45) is 9.05. The molecule has 3 nitrogen and oxygen atoms in total. The first-order valence-corrected chi connectivity index (χ1v) is 8.43. The first kappa shape index (κ1) is 14.0. The highest BCUT2D eigenvalue weighted by atomic mass is 32.2. The van der Waals surface area contributed by atoms with Gasteiger partial charge in [0.2, 0.25) is 0 Å². The molecule has 1 N–H and O–H groups in total. The minimum absolute atomic E-state index is 0.150. The van der Waals surface area contributed by atoms with Crippen molar-refractivity contribution < 1.29 is 8.42 Å². The fraction of sp³-hybridized carbons (Fsp3) is 1.00. The van der Waals surface area contributed by atoms with Crippen LogP contribution < -0.4 is 5.32 Å². The summed E-state index contributed by atoms with van der Waals surface area (Å²) in [5.74, 6) is 0. The summed E-state index contributed by atoms with van der Waals surface area (Å²) in [4.78, 5) is 0. The fourth-order valence-corrected chi connectivity index (χ4v) is 3.93. The van der Waals surface area contributed by atoms with Crippen LogP contribution in [0.4, 0.5) is 0 Å². The van der Waals surface area contributed by atoms with Crippen LogP contribution in [0, 0.1) is 0 Å². The van der Waals surface area contributed by atoms with Crippen LogP contribution in [0.1, 0.15) is 51.9 Å². The van der Waals surface area contributed by atoms with Gasteiger partial charge in [-0.15, -0.1) is 0 Å². The molecule has 1 aliphatic carbocycles. The lowest BCUT2D eigenvalue weighted by Crippen LogP contribution is -2.46. The smallest absolute Gasteiger partial charge is 0.151 e. The highest BCUT2D eigenvalue weighted by Gasteiger charge is 2.31. The summed E-state index contributed by atoms with van der Waals surface area (Å²) >= 11 is 0. The van der Waals surface area contributed by atoms with Crippen LogP contribution in [0.15, 0.2) is 0 Å². The van der Waals surface area contributed by atoms with E-state index in [4.69, 9.17) is 0 Å². The monoisotopic (exact) mass is 247 g/mol. The quantitative estimate of drug-likeness (QED) is 0.731. The second kappa shape index (κ2) is 6.60. The average molecular weight is 247 g/mol. The lowest BCUT2D eigenvalue weighted by molar-refractivity contribution is 0.369. The zero-order chi connectivity index (χ0) is 12.0. The van der Waals surface area contributed by atoms with E-state index in [0.717, 1.165) is 38.6 Å². The molecule has 96 valence electrons. The normalized spacial score (nSPS) is 26.9. The largest absolute Gasteiger partial charge is 0.313 e. The molecule has 0 heterocycles. The third-order valence-electron chi connectivity index (χ3n) is 3.44. The topological polar surface area (TPSA) is 46.2 Å². The van der Waals surface area contributed by atoms with Gasteiger partial charge in [0.1, 0.15) is 0 Å². The Morgan fingerprint density at radius 3 is 2.50 bits per heavy atom. The van der Waals surface area contributed by atoms with E-state index >= 15 is 0 Å². The lowest BCUT2D eigenvalue weighted by Gasteiger charge is -2.31. The Kier molecular flexibility index (Phi) is 5.76. The molecule has 1 aliphatic rings. The second-order valence-corrected chi connectivity index (χ2v) is 7.18. The SMILES string of the molecule is CCCCCNC1CCCCC1S(C)(=O)=O. The van der Waals surface area contributed by atoms with Crippen LogP contribution in [0.3, 0.4) is 0 Å². The van der Waals surface area contributed by atoms with Crippen molar-refractivity contribution in [2.75, 3.05) is 12.8 Å². The highest BCUT2D eigenvalue weighted by molar-refractivity contribution is 7.91. The number of hydrogen-bond donors (Lipinski definition) is 1. The molecule has 1 saturated carbocycles. The van der Waals surface area contributed by atoms with E-state index in [1.54, 1.807) is 0 Å². The Hall–Kier alpha value is -0.0900. The maximum absolute atomic E-state index is 11.6. The van der Waals surface area contributed by atoms with Crippen LogP contribution in [-0.4, -0.2) is 32.5 Å². The summed E-state index contributed by atoms with van der Waals surface area (Å²) in [5.41, 5.74) is 0. The molecule has 0 aromatic heterocycles. The maximum Gasteiger partial charge on any atom is 0.151 e. The van der Waals surface area contributed by atoms with Gasteiger partial charge in [0.15, 0.2) is 9.84 Å². The molecule has 0 radical (unpaired) electrons. The van der Waals surface area contributed by atoms with Crippen molar-refractivity contribution in [3.63, 3.8) is 0 Å². The molecule has 0 spiro atoms. The predicted octanol–water partition coefficient (Wildman–Crippen LogP) is 2.12. The number of sulfone groups is 1. The van der Waals surface area contributed by atoms with Crippen LogP contribution in [0.5, 0.6) is 0 Å². The molecular formula is C12H25NO2S. The molecule has 4 heteroatoms. The Morgan fingerprint density at radius 1 is 1.19 bits per heavy atom. The van der Waals surface area contributed by atoms with Crippen molar-refractivity contribution in [2.45, 2.75) is 63.2 Å². The summed E-state index contributed by atoms with van der Waals surface area (Å²) in [5, 5.41) is 3.28. The summed E-state index contributed by atoms with van der Waals surface area (Å²) < 4.78 is 23.3. The molecule has 2 unspecified atom stereocenters. The Bertz CT molecular complexity index is 287. The van der Waals surface area contributed by atoms with Crippen LogP contribution >= 0.6 is 0 Å². The molecule has 1 fully saturated rings. The van der Waals surface area contributed by atoms with Gasteiger partial charge in [-0.1, -0.05) is 32.6 Å². The molecule has 0 aliphatic heterocycles. The van der Waals surface area contributed by atoms with E-state index in [0.29, 0.717) is 0 Å². The van der Waals surface area contributed by atoms with Gasteiger partial charge < -0.3 is 5.32 Å². The van der Waals surface area contributed by atoms with Crippen molar-refractivity contribution in [1.29, 1.82) is 0 Å². The molecule has 0 aromatic carbocycles. The van der Waals surface area contributed by atoms with Crippen molar-refractivity contribution >= 4 is 9.84 Å². The fourth-order valence-electron chi connectivity index (χ4n) is 2.51. The van der Waals surface area contributed by atoms with Gasteiger partial charge in [0.25, 0.3) is 0 Å². The third-order valence-corrected chi connectivity index (χ3v) is 5.10. The molecule has 0 amide bonds. The van der Waals surface area contributed by atoms with Crippen molar-refractivity contribution in [2.24, 2.45) is 0 Å². The van der Waals surface area contributed by atoms with Crippen LogP contribution in [-0.2, 0) is 9.84 Å². The number of nitrogens with one attached hydrogen (secondary N) is 1. The molecule has 16 heavy (non-hydrogen) atoms. The second-order valence-electron chi connectivity index (χ2n) is 4.92. The molecular weight excluding hydrogens is 222 g/mol. The van der Waals surface area contributed by atoms with Crippen LogP contribution in [0.25, 0.3) is 0 Å². The van der Waals surface area contributed by atoms with Gasteiger partial charge in [-0.05, 0) is 25.8 Å². The van der Waals surface area contributed by atoms with Crippen molar-refractivity contribution in [3.8, 4) is 0 Å². The Morgan fingerprint density at radius 2 is 1.88 bits per heavy atom. The summed E-state index contributed by atoms with van der Waals surface area (Å²) in [7, 11) is -2.88. The molecule has 0 saturated heterocycles. The van der Waals surface area contributed by atoms with Gasteiger partial charge in [-0.25, -0.2) is 8.42 Å². The van der Waals surface area contributed by atoms with Crippen molar-refractivity contribution in [1.82, 2.24) is 5.32 Å². The van der Waals surface area contributed by atoms with Gasteiger partial charge in [-0.3, -0.25) is 0 Å². The molecule has 0 aromatic rings. The first-order chi connectivity index (χ1) is 7.55. The highest BCUT2D eigenvalue weighted by Crippen LogP contribution is 2.23. The number of hydrogen-bond acceptors (Lipinski definition) is 3. The minimum atomic E-state index is -2.88. The Labute approximate surface area is 99.9 Å². The van der Waals surface area contributed by atoms with E-state index in [1.807, 2.05) is 0 Å². The van der Waals surface area contributed by atoms with Gasteiger partial charge in [0.05, 0.1) is 5.25 Å². The number of unbranched alkanes of at least 4 members (excludes halogenated alkanes) is 2. The minimum Gasteiger partial charge on any atom is -0.313 e. The molecule has 2 atom stereocenters. The predicted molar refractivity (Wildman–Crippen MR) is 68.4 cm³/mol. The zero-order valence-electron chi connectivity index (χ0n) is 10.5. The van der Waals surface area contributed by atoms with E-state index in [-0.39, 0.29) is 11.3 Å². The van der Waals surface area contributed by atoms with Gasteiger partial charge in [-0.2, -0.15) is 0 Å². The third kappa shape index (κ3) is 4.42. The Balaban J connectivity index is 2.42. The summed E-state index contributed by atoms with van der Waals surface area (Å²) in [6, 6.07) is 0.195. The number of rotatable bonds is 6. The zero-order valence-corrected chi connectivity index (χ0v) is 11.4. The van der Waals surface area contributed by atoms with E-state index in [2.05, 4.69) is 12.2 Å². The average Bonchev–Trinajstić information content (AvgIpc) is 2.24. The van der Waals surface area contributed by atoms with Gasteiger partial charge in [0, 0.05) is 12.3 Å². The van der Waals surface area contributed by atoms with Gasteiger partial charge >= 0.3 is 0 Å². The standard InChI is InChI=1S/C12H25NO2S/c1-3-4-7-10-13-11-8-5-6-9-12(11)16(2,14)15/h11-13H,3-10H2,1-2H3. The maximum atomic E-state index is 11.6. The van der Waals surface area contributed by atoms with E-state index < -0.39 is 9.84 Å². The van der Waals surface area contributed by atoms with E-state index in [9.17, 15) is 8.42 Å². The van der Waals surface area contributed by atoms with E-state index in [1.165, 1.54) is 19.1 Å². The summed E-state index contributed by atoms with van der Waals surface area (Å²) in [6.45, 7) is 3.14. The molecule has 1 rings (SSSR count). The molecule has 0 bridgehead atoms. The lowest BCUT2D eigenvalue weighted by atomic mass is 9.95.